The second-order valence-electron chi connectivity index (χ2n) is 8.17. The van der Waals surface area contributed by atoms with Gasteiger partial charge < -0.3 is 15.3 Å². The number of benzene rings is 2. The molecule has 3 rings (SSSR count). The first-order chi connectivity index (χ1) is 15.1. The van der Waals surface area contributed by atoms with Gasteiger partial charge in [-0.3, -0.25) is 9.69 Å². The van der Waals surface area contributed by atoms with Crippen LogP contribution in [0.4, 0.5) is 11.4 Å². The smallest absolute Gasteiger partial charge is 0.221 e. The summed E-state index contributed by atoms with van der Waals surface area (Å²) >= 11 is 1.59. The van der Waals surface area contributed by atoms with E-state index in [4.69, 9.17) is 0 Å². The van der Waals surface area contributed by atoms with Crippen LogP contribution < -0.4 is 10.2 Å². The van der Waals surface area contributed by atoms with Gasteiger partial charge in [0, 0.05) is 43.7 Å². The number of nitrogens with zero attached hydrogens (tertiary/aromatic N) is 2. The lowest BCUT2D eigenvalue weighted by Crippen LogP contribution is -2.46. The summed E-state index contributed by atoms with van der Waals surface area (Å²) in [7, 11) is 0. The van der Waals surface area contributed by atoms with Crippen LogP contribution in [-0.2, 0) is 4.79 Å². The first-order valence-corrected chi connectivity index (χ1v) is 12.4. The molecule has 1 aliphatic heterocycles. The van der Waals surface area contributed by atoms with Crippen molar-refractivity contribution in [3.8, 4) is 0 Å². The van der Waals surface area contributed by atoms with E-state index in [0.717, 1.165) is 68.1 Å². The number of unbranched alkanes of at least 4 members (excludes halogenated alkanes) is 2. The maximum Gasteiger partial charge on any atom is 0.221 e. The Balaban J connectivity index is 1.35. The molecule has 0 aliphatic carbocycles. The average molecular weight is 442 g/mol. The SMILES string of the molecule is CSc1ccc(C(O)CCCCCN2CCN(c3ccccc3)CC2)cc1NC(C)=O. The fourth-order valence-electron chi connectivity index (χ4n) is 4.11. The monoisotopic (exact) mass is 441 g/mol. The molecule has 2 N–H and O–H groups in total. The molecule has 0 aromatic heterocycles. The Morgan fingerprint density at radius 1 is 1.06 bits per heavy atom. The normalized spacial score (nSPS) is 15.6. The first-order valence-electron chi connectivity index (χ1n) is 11.2. The van der Waals surface area contributed by atoms with E-state index in [1.165, 1.54) is 19.0 Å². The Labute approximate surface area is 190 Å². The summed E-state index contributed by atoms with van der Waals surface area (Å²) in [5.41, 5.74) is 2.98. The molecule has 0 saturated carbocycles. The summed E-state index contributed by atoms with van der Waals surface area (Å²) in [5, 5.41) is 13.5. The van der Waals surface area contributed by atoms with Crippen molar-refractivity contribution >= 4 is 29.0 Å². The van der Waals surface area contributed by atoms with Crippen molar-refractivity contribution in [1.29, 1.82) is 0 Å². The number of carbonyl (C=O) groups is 1. The number of piperazine rings is 1. The van der Waals surface area contributed by atoms with Crippen LogP contribution in [0.2, 0.25) is 0 Å². The van der Waals surface area contributed by atoms with Gasteiger partial charge >= 0.3 is 0 Å². The number of hydrogen-bond donors (Lipinski definition) is 2. The average Bonchev–Trinajstić information content (AvgIpc) is 2.79. The molecule has 1 heterocycles. The van der Waals surface area contributed by atoms with E-state index < -0.39 is 6.10 Å². The van der Waals surface area contributed by atoms with E-state index in [1.807, 2.05) is 24.5 Å². The lowest BCUT2D eigenvalue weighted by molar-refractivity contribution is -0.114. The quantitative estimate of drug-likeness (QED) is 0.410. The van der Waals surface area contributed by atoms with Crippen LogP contribution in [0.3, 0.4) is 0 Å². The predicted octanol–water partition coefficient (Wildman–Crippen LogP) is 4.78. The Morgan fingerprint density at radius 3 is 2.48 bits per heavy atom. The number of rotatable bonds is 10. The topological polar surface area (TPSA) is 55.8 Å². The molecule has 0 bridgehead atoms. The van der Waals surface area contributed by atoms with Gasteiger partial charge in [0.05, 0.1) is 11.8 Å². The molecule has 5 nitrogen and oxygen atoms in total. The minimum atomic E-state index is -0.488. The lowest BCUT2D eigenvalue weighted by atomic mass is 10.0. The standard InChI is InChI=1S/C25H35N3O2S/c1-20(29)26-23-19-21(12-13-25(23)31-2)24(30)11-7-4-8-14-27-15-17-28(18-16-27)22-9-5-3-6-10-22/h3,5-6,9-10,12-13,19,24,30H,4,7-8,11,14-18H2,1-2H3,(H,26,29). The summed E-state index contributed by atoms with van der Waals surface area (Å²) in [6.07, 6.45) is 5.54. The second kappa shape index (κ2) is 12.1. The molecule has 1 unspecified atom stereocenters. The van der Waals surface area contributed by atoms with Crippen molar-refractivity contribution in [3.05, 3.63) is 54.1 Å². The van der Waals surface area contributed by atoms with Crippen molar-refractivity contribution in [3.63, 3.8) is 0 Å². The zero-order chi connectivity index (χ0) is 22.1. The highest BCUT2D eigenvalue weighted by Gasteiger charge is 2.17. The van der Waals surface area contributed by atoms with Gasteiger partial charge in [-0.15, -0.1) is 11.8 Å². The molecule has 6 heteroatoms. The number of aliphatic hydroxyl groups is 1. The molecule has 2 aromatic carbocycles. The molecule has 1 atom stereocenters. The zero-order valence-electron chi connectivity index (χ0n) is 18.7. The fraction of sp³-hybridized carbons (Fsp3) is 0.480. The Bertz CT molecular complexity index is 823. The highest BCUT2D eigenvalue weighted by Crippen LogP contribution is 2.30. The third-order valence-electron chi connectivity index (χ3n) is 5.86. The molecule has 1 amide bonds. The number of thioether (sulfide) groups is 1. The van der Waals surface area contributed by atoms with Gasteiger partial charge in [0.15, 0.2) is 0 Å². The van der Waals surface area contributed by atoms with Crippen molar-refractivity contribution in [2.45, 2.75) is 43.6 Å². The maximum atomic E-state index is 11.4. The molecular formula is C25H35N3O2S. The molecular weight excluding hydrogens is 406 g/mol. The minimum Gasteiger partial charge on any atom is -0.388 e. The third-order valence-corrected chi connectivity index (χ3v) is 6.66. The minimum absolute atomic E-state index is 0.0912. The van der Waals surface area contributed by atoms with Crippen LogP contribution in [0.15, 0.2) is 53.4 Å². The van der Waals surface area contributed by atoms with Crippen molar-refractivity contribution in [2.24, 2.45) is 0 Å². The van der Waals surface area contributed by atoms with E-state index >= 15 is 0 Å². The van der Waals surface area contributed by atoms with Crippen molar-refractivity contribution in [2.75, 3.05) is 49.2 Å². The van der Waals surface area contributed by atoms with Crippen LogP contribution in [-0.4, -0.2) is 54.9 Å². The number of anilines is 2. The molecule has 168 valence electrons. The van der Waals surface area contributed by atoms with Crippen LogP contribution in [0, 0.1) is 0 Å². The molecule has 0 radical (unpaired) electrons. The predicted molar refractivity (Wildman–Crippen MR) is 131 cm³/mol. The summed E-state index contributed by atoms with van der Waals surface area (Å²) in [6, 6.07) is 16.5. The van der Waals surface area contributed by atoms with E-state index in [1.54, 1.807) is 11.8 Å². The van der Waals surface area contributed by atoms with E-state index in [0.29, 0.717) is 0 Å². The molecule has 31 heavy (non-hydrogen) atoms. The lowest BCUT2D eigenvalue weighted by Gasteiger charge is -2.36. The van der Waals surface area contributed by atoms with Gasteiger partial charge in [-0.25, -0.2) is 0 Å². The summed E-state index contributed by atoms with van der Waals surface area (Å²) in [4.78, 5) is 17.5. The Hall–Kier alpha value is -2.02. The Morgan fingerprint density at radius 2 is 1.81 bits per heavy atom. The van der Waals surface area contributed by atoms with Gasteiger partial charge in [0.25, 0.3) is 0 Å². The highest BCUT2D eigenvalue weighted by molar-refractivity contribution is 7.98. The van der Waals surface area contributed by atoms with Gasteiger partial charge in [0.2, 0.25) is 5.91 Å². The molecule has 1 fully saturated rings. The number of carbonyl (C=O) groups excluding carboxylic acids is 1. The van der Waals surface area contributed by atoms with Crippen molar-refractivity contribution < 1.29 is 9.90 Å². The largest absolute Gasteiger partial charge is 0.388 e. The maximum absolute atomic E-state index is 11.4. The van der Waals surface area contributed by atoms with Crippen LogP contribution in [0.1, 0.15) is 44.3 Å². The van der Waals surface area contributed by atoms with Crippen LogP contribution in [0.25, 0.3) is 0 Å². The zero-order valence-corrected chi connectivity index (χ0v) is 19.5. The summed E-state index contributed by atoms with van der Waals surface area (Å²) < 4.78 is 0. The van der Waals surface area contributed by atoms with Crippen LogP contribution >= 0.6 is 11.8 Å². The van der Waals surface area contributed by atoms with Crippen molar-refractivity contribution in [1.82, 2.24) is 4.90 Å². The van der Waals surface area contributed by atoms with Gasteiger partial charge in [-0.05, 0) is 55.5 Å². The first kappa shape index (κ1) is 23.6. The fourth-order valence-corrected chi connectivity index (χ4v) is 4.64. The summed E-state index contributed by atoms with van der Waals surface area (Å²) in [5.74, 6) is -0.0912. The van der Waals surface area contributed by atoms with E-state index in [9.17, 15) is 9.90 Å². The van der Waals surface area contributed by atoms with E-state index in [2.05, 4.69) is 45.4 Å². The number of para-hydroxylation sites is 1. The number of hydrogen-bond acceptors (Lipinski definition) is 5. The number of amides is 1. The van der Waals surface area contributed by atoms with Gasteiger partial charge in [-0.1, -0.05) is 37.1 Å². The number of aliphatic hydroxyl groups excluding tert-OH is 1. The highest BCUT2D eigenvalue weighted by atomic mass is 32.2. The van der Waals surface area contributed by atoms with E-state index in [-0.39, 0.29) is 5.91 Å². The van der Waals surface area contributed by atoms with Crippen LogP contribution in [0.5, 0.6) is 0 Å². The van der Waals surface area contributed by atoms with Gasteiger partial charge in [-0.2, -0.15) is 0 Å². The Kier molecular flexibility index (Phi) is 9.25. The number of nitrogens with one attached hydrogen (secondary N) is 1. The molecule has 2 aromatic rings. The third kappa shape index (κ3) is 7.27. The summed E-state index contributed by atoms with van der Waals surface area (Å²) in [6.45, 7) is 7.05. The molecule has 1 aliphatic rings. The molecule has 0 spiro atoms. The molecule has 1 saturated heterocycles. The van der Waals surface area contributed by atoms with Gasteiger partial charge in [0.1, 0.15) is 0 Å². The second-order valence-corrected chi connectivity index (χ2v) is 9.02.